The summed E-state index contributed by atoms with van der Waals surface area (Å²) in [7, 11) is 0. The topological polar surface area (TPSA) is 120 Å². The van der Waals surface area contributed by atoms with Crippen molar-refractivity contribution in [2.75, 3.05) is 5.75 Å². The number of hydrogen-bond acceptors (Lipinski definition) is 7. The van der Waals surface area contributed by atoms with Gasteiger partial charge in [-0.2, -0.15) is 0 Å². The molecule has 2 amide bonds. The molecule has 0 aliphatic rings. The quantitative estimate of drug-likeness (QED) is 0.728. The normalized spacial score (nSPS) is 13.0. The minimum Gasteiger partial charge on any atom is -0.444 e. The van der Waals surface area contributed by atoms with Crippen molar-refractivity contribution < 1.29 is 18.7 Å². The Balaban J connectivity index is 2.77. The number of carbonyl (C=O) groups excluding carboxylic acids is 2. The van der Waals surface area contributed by atoms with Gasteiger partial charge in [0.15, 0.2) is 0 Å². The van der Waals surface area contributed by atoms with Crippen molar-refractivity contribution in [1.82, 2.24) is 15.5 Å². The van der Waals surface area contributed by atoms with Crippen LogP contribution in [0.2, 0.25) is 0 Å². The fourth-order valence-electron chi connectivity index (χ4n) is 1.70. The molecule has 9 heteroatoms. The summed E-state index contributed by atoms with van der Waals surface area (Å²) in [5, 5.41) is 10.8. The van der Waals surface area contributed by atoms with E-state index in [0.717, 1.165) is 11.8 Å². The number of thioether (sulfide) groups is 1. The largest absolute Gasteiger partial charge is 0.444 e. The van der Waals surface area contributed by atoms with Gasteiger partial charge in [0.2, 0.25) is 11.8 Å². The van der Waals surface area contributed by atoms with E-state index >= 15 is 0 Å². The molecule has 8 nitrogen and oxygen atoms in total. The average Bonchev–Trinajstić information content (AvgIpc) is 2.81. The highest BCUT2D eigenvalue weighted by Crippen LogP contribution is 2.24. The number of alkyl carbamates (subject to hydrolysis) is 1. The molecule has 0 aliphatic carbocycles. The SMILES string of the molecule is CC(C)CC(NC(=O)OC(C)(C)C)c1nnc(SCC(N)=O)o1. The molecule has 1 heterocycles. The predicted molar refractivity (Wildman–Crippen MR) is 85.8 cm³/mol. The zero-order valence-electron chi connectivity index (χ0n) is 14.1. The molecule has 3 N–H and O–H groups in total. The van der Waals surface area contributed by atoms with Gasteiger partial charge in [-0.1, -0.05) is 25.6 Å². The van der Waals surface area contributed by atoms with Crippen molar-refractivity contribution in [2.45, 2.75) is 57.9 Å². The first-order valence-corrected chi connectivity index (χ1v) is 8.29. The summed E-state index contributed by atoms with van der Waals surface area (Å²) in [5.41, 5.74) is 4.48. The standard InChI is InChI=1S/C14H24N4O4S/c1-8(2)6-9(16-12(20)22-14(3,4)5)11-17-18-13(21-11)23-7-10(15)19/h8-9H,6-7H2,1-5H3,(H2,15,19)(H,16,20). The van der Waals surface area contributed by atoms with E-state index in [-0.39, 0.29) is 16.9 Å². The highest BCUT2D eigenvalue weighted by atomic mass is 32.2. The van der Waals surface area contributed by atoms with Gasteiger partial charge in [-0.05, 0) is 33.1 Å². The van der Waals surface area contributed by atoms with E-state index in [1.165, 1.54) is 0 Å². The molecular formula is C14H24N4O4S. The van der Waals surface area contributed by atoms with Crippen molar-refractivity contribution in [2.24, 2.45) is 11.7 Å². The molecule has 1 atom stereocenters. The lowest BCUT2D eigenvalue weighted by molar-refractivity contribution is -0.115. The number of aromatic nitrogens is 2. The molecule has 0 radical (unpaired) electrons. The van der Waals surface area contributed by atoms with E-state index in [9.17, 15) is 9.59 Å². The van der Waals surface area contributed by atoms with Crippen LogP contribution in [-0.4, -0.2) is 33.6 Å². The number of amides is 2. The van der Waals surface area contributed by atoms with E-state index in [1.54, 1.807) is 20.8 Å². The molecule has 0 saturated carbocycles. The second-order valence-corrected chi connectivity index (χ2v) is 7.42. The molecule has 0 bridgehead atoms. The predicted octanol–water partition coefficient (Wildman–Crippen LogP) is 2.26. The van der Waals surface area contributed by atoms with Crippen molar-refractivity contribution in [3.63, 3.8) is 0 Å². The van der Waals surface area contributed by atoms with Crippen molar-refractivity contribution in [3.05, 3.63) is 5.89 Å². The van der Waals surface area contributed by atoms with Crippen LogP contribution in [0.25, 0.3) is 0 Å². The lowest BCUT2D eigenvalue weighted by Gasteiger charge is -2.22. The van der Waals surface area contributed by atoms with Gasteiger partial charge in [0.05, 0.1) is 5.75 Å². The Hall–Kier alpha value is -1.77. The summed E-state index contributed by atoms with van der Waals surface area (Å²) in [6.45, 7) is 9.39. The number of nitrogens with two attached hydrogens (primary N) is 1. The smallest absolute Gasteiger partial charge is 0.408 e. The van der Waals surface area contributed by atoms with Crippen LogP contribution in [0, 0.1) is 5.92 Å². The molecule has 1 unspecified atom stereocenters. The van der Waals surface area contributed by atoms with Crippen molar-refractivity contribution >= 4 is 23.8 Å². The fourth-order valence-corrected chi connectivity index (χ4v) is 2.20. The third-order valence-electron chi connectivity index (χ3n) is 2.46. The van der Waals surface area contributed by atoms with Gasteiger partial charge in [0.1, 0.15) is 11.6 Å². The second kappa shape index (κ2) is 8.19. The summed E-state index contributed by atoms with van der Waals surface area (Å²) in [5.74, 6) is 0.149. The van der Waals surface area contributed by atoms with Gasteiger partial charge < -0.3 is 20.2 Å². The molecule has 0 fully saturated rings. The van der Waals surface area contributed by atoms with Crippen LogP contribution >= 0.6 is 11.8 Å². The highest BCUT2D eigenvalue weighted by Gasteiger charge is 2.25. The Morgan fingerprint density at radius 3 is 2.52 bits per heavy atom. The van der Waals surface area contributed by atoms with Crippen LogP contribution in [0.3, 0.4) is 0 Å². The van der Waals surface area contributed by atoms with Crippen LogP contribution < -0.4 is 11.1 Å². The monoisotopic (exact) mass is 344 g/mol. The number of primary amides is 1. The van der Waals surface area contributed by atoms with Crippen LogP contribution in [0.1, 0.15) is 53.0 Å². The Morgan fingerprint density at radius 1 is 1.35 bits per heavy atom. The lowest BCUT2D eigenvalue weighted by Crippen LogP contribution is -2.35. The minimum absolute atomic E-state index is 0.0516. The zero-order valence-corrected chi connectivity index (χ0v) is 14.9. The van der Waals surface area contributed by atoms with Gasteiger partial charge in [-0.3, -0.25) is 4.79 Å². The highest BCUT2D eigenvalue weighted by molar-refractivity contribution is 7.99. The maximum absolute atomic E-state index is 12.0. The third-order valence-corrected chi connectivity index (χ3v) is 3.30. The van der Waals surface area contributed by atoms with E-state index in [0.29, 0.717) is 12.3 Å². The maximum atomic E-state index is 12.0. The number of carbonyl (C=O) groups is 2. The van der Waals surface area contributed by atoms with Gasteiger partial charge in [0.25, 0.3) is 5.22 Å². The van der Waals surface area contributed by atoms with Crippen LogP contribution in [-0.2, 0) is 9.53 Å². The van der Waals surface area contributed by atoms with Crippen LogP contribution in [0.5, 0.6) is 0 Å². The molecule has 0 saturated heterocycles. The molecule has 130 valence electrons. The molecule has 1 aromatic rings. The Morgan fingerprint density at radius 2 is 2.00 bits per heavy atom. The molecular weight excluding hydrogens is 320 g/mol. The molecule has 1 aromatic heterocycles. The van der Waals surface area contributed by atoms with Crippen LogP contribution in [0.4, 0.5) is 4.79 Å². The van der Waals surface area contributed by atoms with Gasteiger partial charge in [-0.25, -0.2) is 4.79 Å². The Labute approximate surface area is 139 Å². The molecule has 0 aliphatic heterocycles. The third kappa shape index (κ3) is 7.87. The first-order chi connectivity index (χ1) is 10.6. The summed E-state index contributed by atoms with van der Waals surface area (Å²) in [6, 6.07) is -0.458. The summed E-state index contributed by atoms with van der Waals surface area (Å²) >= 11 is 1.06. The van der Waals surface area contributed by atoms with Gasteiger partial charge in [0, 0.05) is 0 Å². The Bertz CT molecular complexity index is 539. The zero-order chi connectivity index (χ0) is 17.6. The lowest BCUT2D eigenvalue weighted by atomic mass is 10.0. The molecule has 0 spiro atoms. The first kappa shape index (κ1) is 19.3. The van der Waals surface area contributed by atoms with Crippen LogP contribution in [0.15, 0.2) is 9.64 Å². The fraction of sp³-hybridized carbons (Fsp3) is 0.714. The molecule has 0 aromatic carbocycles. The summed E-state index contributed by atoms with van der Waals surface area (Å²) in [4.78, 5) is 22.7. The molecule has 1 rings (SSSR count). The van der Waals surface area contributed by atoms with E-state index in [2.05, 4.69) is 15.5 Å². The first-order valence-electron chi connectivity index (χ1n) is 7.31. The minimum atomic E-state index is -0.593. The van der Waals surface area contributed by atoms with Gasteiger partial charge >= 0.3 is 6.09 Å². The summed E-state index contributed by atoms with van der Waals surface area (Å²) in [6.07, 6.45) is 0.0640. The number of hydrogen-bond donors (Lipinski definition) is 2. The average molecular weight is 344 g/mol. The van der Waals surface area contributed by atoms with E-state index < -0.39 is 23.6 Å². The Kier molecular flexibility index (Phi) is 6.86. The van der Waals surface area contributed by atoms with E-state index in [1.807, 2.05) is 13.8 Å². The summed E-state index contributed by atoms with van der Waals surface area (Å²) < 4.78 is 10.7. The maximum Gasteiger partial charge on any atom is 0.408 e. The van der Waals surface area contributed by atoms with E-state index in [4.69, 9.17) is 14.9 Å². The molecule has 23 heavy (non-hydrogen) atoms. The van der Waals surface area contributed by atoms with Crippen molar-refractivity contribution in [1.29, 1.82) is 0 Å². The number of rotatable bonds is 7. The number of nitrogens with one attached hydrogen (secondary N) is 1. The second-order valence-electron chi connectivity index (χ2n) is 6.49. The van der Waals surface area contributed by atoms with Gasteiger partial charge in [-0.15, -0.1) is 10.2 Å². The number of nitrogens with zero attached hydrogens (tertiary/aromatic N) is 2. The number of ether oxygens (including phenoxy) is 1. The van der Waals surface area contributed by atoms with Crippen molar-refractivity contribution in [3.8, 4) is 0 Å².